The first-order valence-electron chi connectivity index (χ1n) is 13.5. The SMILES string of the molecule is CCOc1cccc(C2C(=C(O)c3nc4c(C)cccn4c3C)C(=O)C(=O)N2c2nnc(SCc3ccccc3F)s2)c1. The molecule has 3 aromatic heterocycles. The van der Waals surface area contributed by atoms with E-state index < -0.39 is 17.7 Å². The second-order valence-corrected chi connectivity index (χ2v) is 12.0. The summed E-state index contributed by atoms with van der Waals surface area (Å²) < 4.78 is 22.2. The van der Waals surface area contributed by atoms with Crippen LogP contribution in [0.1, 0.15) is 41.0 Å². The molecule has 6 rings (SSSR count). The van der Waals surface area contributed by atoms with Gasteiger partial charge < -0.3 is 14.2 Å². The quantitative estimate of drug-likeness (QED) is 0.0717. The van der Waals surface area contributed by atoms with Crippen LogP contribution in [-0.2, 0) is 15.3 Å². The summed E-state index contributed by atoms with van der Waals surface area (Å²) in [6.07, 6.45) is 1.82. The summed E-state index contributed by atoms with van der Waals surface area (Å²) in [6, 6.07) is 16.2. The van der Waals surface area contributed by atoms with Crippen LogP contribution < -0.4 is 9.64 Å². The van der Waals surface area contributed by atoms with Crippen LogP contribution in [0.5, 0.6) is 5.75 Å². The molecule has 12 heteroatoms. The number of anilines is 1. The topological polar surface area (TPSA) is 110 Å². The lowest BCUT2D eigenvalue weighted by molar-refractivity contribution is -0.132. The van der Waals surface area contributed by atoms with E-state index in [1.165, 1.54) is 22.7 Å². The molecule has 0 aliphatic carbocycles. The number of benzene rings is 2. The maximum Gasteiger partial charge on any atom is 0.301 e. The van der Waals surface area contributed by atoms with Crippen LogP contribution in [0.2, 0.25) is 0 Å². The zero-order valence-corrected chi connectivity index (χ0v) is 25.1. The van der Waals surface area contributed by atoms with E-state index in [4.69, 9.17) is 4.74 Å². The van der Waals surface area contributed by atoms with Crippen LogP contribution in [0.4, 0.5) is 9.52 Å². The largest absolute Gasteiger partial charge is 0.505 e. The Bertz CT molecular complexity index is 1920. The third-order valence-electron chi connectivity index (χ3n) is 7.15. The molecule has 1 aliphatic heterocycles. The Balaban J connectivity index is 1.45. The molecule has 1 unspecified atom stereocenters. The summed E-state index contributed by atoms with van der Waals surface area (Å²) in [5.41, 5.74) is 3.28. The van der Waals surface area contributed by atoms with Crippen molar-refractivity contribution in [1.29, 1.82) is 0 Å². The number of halogens is 1. The van der Waals surface area contributed by atoms with Gasteiger partial charge in [-0.25, -0.2) is 9.37 Å². The number of aromatic nitrogens is 4. The van der Waals surface area contributed by atoms with Crippen molar-refractivity contribution >= 4 is 51.3 Å². The van der Waals surface area contributed by atoms with Gasteiger partial charge in [0.25, 0.3) is 5.78 Å². The number of hydrogen-bond acceptors (Lipinski definition) is 9. The van der Waals surface area contributed by atoms with E-state index in [9.17, 15) is 19.1 Å². The van der Waals surface area contributed by atoms with Gasteiger partial charge in [0, 0.05) is 11.9 Å². The lowest BCUT2D eigenvalue weighted by Crippen LogP contribution is -2.29. The third-order valence-corrected chi connectivity index (χ3v) is 9.25. The Morgan fingerprint density at radius 3 is 2.67 bits per heavy atom. The van der Waals surface area contributed by atoms with Crippen molar-refractivity contribution in [1.82, 2.24) is 19.6 Å². The molecular formula is C31H26FN5O4S2. The number of aliphatic hydroxyl groups excluding tert-OH is 1. The molecule has 0 saturated carbocycles. The summed E-state index contributed by atoms with van der Waals surface area (Å²) in [6.45, 7) is 5.97. The van der Waals surface area contributed by atoms with Crippen LogP contribution >= 0.6 is 23.1 Å². The average molecular weight is 616 g/mol. The smallest absolute Gasteiger partial charge is 0.301 e. The maximum atomic E-state index is 14.2. The minimum absolute atomic E-state index is 0.112. The Hall–Kier alpha value is -4.55. The minimum Gasteiger partial charge on any atom is -0.505 e. The molecule has 43 heavy (non-hydrogen) atoms. The van der Waals surface area contributed by atoms with Gasteiger partial charge in [0.1, 0.15) is 22.9 Å². The summed E-state index contributed by atoms with van der Waals surface area (Å²) >= 11 is 2.38. The van der Waals surface area contributed by atoms with Crippen LogP contribution in [0.25, 0.3) is 11.4 Å². The highest BCUT2D eigenvalue weighted by molar-refractivity contribution is 8.00. The number of ketones is 1. The van der Waals surface area contributed by atoms with Crippen molar-refractivity contribution in [3.63, 3.8) is 0 Å². The zero-order chi connectivity index (χ0) is 30.2. The number of hydrogen-bond donors (Lipinski definition) is 1. The van der Waals surface area contributed by atoms with Crippen molar-refractivity contribution in [2.24, 2.45) is 0 Å². The van der Waals surface area contributed by atoms with Crippen LogP contribution in [0.15, 0.2) is 76.8 Å². The molecular weight excluding hydrogens is 590 g/mol. The van der Waals surface area contributed by atoms with Gasteiger partial charge in [-0.1, -0.05) is 59.5 Å². The molecule has 1 saturated heterocycles. The monoisotopic (exact) mass is 615 g/mol. The van der Waals surface area contributed by atoms with Gasteiger partial charge >= 0.3 is 5.91 Å². The van der Waals surface area contributed by atoms with Crippen LogP contribution in [0, 0.1) is 19.7 Å². The molecule has 218 valence electrons. The number of carbonyl (C=O) groups is 2. The molecule has 5 aromatic rings. The van der Waals surface area contributed by atoms with Gasteiger partial charge in [-0.05, 0) is 61.7 Å². The normalized spacial score (nSPS) is 16.4. The maximum absolute atomic E-state index is 14.2. The zero-order valence-electron chi connectivity index (χ0n) is 23.4. The van der Waals surface area contributed by atoms with E-state index in [0.717, 1.165) is 16.9 Å². The fourth-order valence-corrected chi connectivity index (χ4v) is 6.93. The second-order valence-electron chi connectivity index (χ2n) is 9.84. The van der Waals surface area contributed by atoms with Gasteiger partial charge in [-0.2, -0.15) is 0 Å². The Morgan fingerprint density at radius 1 is 1.09 bits per heavy atom. The molecule has 0 spiro atoms. The van der Waals surface area contributed by atoms with Gasteiger partial charge in [0.2, 0.25) is 5.13 Å². The molecule has 1 atom stereocenters. The van der Waals surface area contributed by atoms with E-state index in [1.54, 1.807) is 49.4 Å². The first kappa shape index (κ1) is 28.6. The summed E-state index contributed by atoms with van der Waals surface area (Å²) in [5, 5.41) is 20.3. The van der Waals surface area contributed by atoms with Gasteiger partial charge in [0.05, 0.1) is 23.9 Å². The van der Waals surface area contributed by atoms with Crippen molar-refractivity contribution in [3.05, 3.63) is 106 Å². The summed E-state index contributed by atoms with van der Waals surface area (Å²) in [7, 11) is 0. The standard InChI is InChI=1S/C31H26FN5O4S2/c1-4-41-21-12-7-11-19(15-21)25-23(26(38)24-18(3)36-14-8-9-17(2)28(36)33-24)27(39)29(40)37(25)30-34-35-31(43-30)42-16-20-10-5-6-13-22(20)32/h5-15,25,38H,4,16H2,1-3H3. The van der Waals surface area contributed by atoms with Gasteiger partial charge in [0.15, 0.2) is 10.1 Å². The number of rotatable bonds is 8. The number of imidazole rings is 1. The van der Waals surface area contributed by atoms with E-state index in [0.29, 0.717) is 44.9 Å². The van der Waals surface area contributed by atoms with E-state index in [1.807, 2.05) is 36.6 Å². The van der Waals surface area contributed by atoms with E-state index in [-0.39, 0.29) is 28.0 Å². The fourth-order valence-electron chi connectivity index (χ4n) is 5.07. The number of carbonyl (C=O) groups excluding carboxylic acids is 2. The van der Waals surface area contributed by atoms with Gasteiger partial charge in [-0.3, -0.25) is 14.5 Å². The summed E-state index contributed by atoms with van der Waals surface area (Å²) in [4.78, 5) is 33.2. The number of pyridine rings is 1. The molecule has 1 N–H and O–H groups in total. The van der Waals surface area contributed by atoms with E-state index >= 15 is 0 Å². The Kier molecular flexibility index (Phi) is 7.72. The van der Waals surface area contributed by atoms with Crippen molar-refractivity contribution in [2.45, 2.75) is 36.9 Å². The highest BCUT2D eigenvalue weighted by Gasteiger charge is 2.49. The van der Waals surface area contributed by atoms with Crippen molar-refractivity contribution in [3.8, 4) is 5.75 Å². The predicted molar refractivity (Wildman–Crippen MR) is 163 cm³/mol. The fraction of sp³-hybridized carbons (Fsp3) is 0.194. The number of aryl methyl sites for hydroxylation is 2. The Morgan fingerprint density at radius 2 is 1.91 bits per heavy atom. The van der Waals surface area contributed by atoms with Crippen LogP contribution in [-0.4, -0.2) is 43.0 Å². The second kappa shape index (κ2) is 11.6. The number of ether oxygens (including phenoxy) is 1. The first-order chi connectivity index (χ1) is 20.8. The number of thioether (sulfide) groups is 1. The lowest BCUT2D eigenvalue weighted by Gasteiger charge is -2.22. The van der Waals surface area contributed by atoms with Crippen molar-refractivity contribution < 1.29 is 23.8 Å². The number of amides is 1. The first-order valence-corrected chi connectivity index (χ1v) is 15.3. The number of nitrogens with zero attached hydrogens (tertiary/aromatic N) is 5. The lowest BCUT2D eigenvalue weighted by atomic mass is 9.96. The predicted octanol–water partition coefficient (Wildman–Crippen LogP) is 6.26. The number of fused-ring (bicyclic) bond motifs is 1. The molecule has 4 heterocycles. The van der Waals surface area contributed by atoms with Gasteiger partial charge in [-0.15, -0.1) is 10.2 Å². The number of Topliss-reactive ketones (excluding diaryl/α,β-unsaturated/α-hetero) is 1. The number of aliphatic hydroxyl groups is 1. The Labute approximate surface area is 254 Å². The highest BCUT2D eigenvalue weighted by atomic mass is 32.2. The highest BCUT2D eigenvalue weighted by Crippen LogP contribution is 2.45. The molecule has 0 radical (unpaired) electrons. The molecule has 9 nitrogen and oxygen atoms in total. The third kappa shape index (κ3) is 5.17. The molecule has 1 aliphatic rings. The molecule has 1 fully saturated rings. The molecule has 2 aromatic carbocycles. The minimum atomic E-state index is -1.02. The molecule has 1 amide bonds. The van der Waals surface area contributed by atoms with Crippen LogP contribution in [0.3, 0.4) is 0 Å². The van der Waals surface area contributed by atoms with Crippen molar-refractivity contribution in [2.75, 3.05) is 11.5 Å². The molecule has 0 bridgehead atoms. The van der Waals surface area contributed by atoms with E-state index in [2.05, 4.69) is 15.2 Å². The summed E-state index contributed by atoms with van der Waals surface area (Å²) in [5.74, 6) is -1.57. The average Bonchev–Trinajstić information content (AvgIpc) is 3.68.